The van der Waals surface area contributed by atoms with Crippen molar-refractivity contribution in [3.63, 3.8) is 0 Å². The molecule has 25 heavy (non-hydrogen) atoms. The number of carbonyl (C=O) groups excluding carboxylic acids is 1. The molecule has 0 heterocycles. The number of ether oxygens (including phenoxy) is 2. The molecule has 2 aromatic carbocycles. The quantitative estimate of drug-likeness (QED) is 0.481. The molecule has 0 aliphatic carbocycles. The van der Waals surface area contributed by atoms with Gasteiger partial charge in [-0.1, -0.05) is 15.9 Å². The maximum atomic E-state index is 12.6. The molecule has 0 bridgehead atoms. The molecular weight excluding hydrogens is 460 g/mol. The second-order valence-corrected chi connectivity index (χ2v) is 6.56. The van der Waals surface area contributed by atoms with Gasteiger partial charge in [0.25, 0.3) is 11.6 Å². The lowest BCUT2D eigenvalue weighted by Crippen LogP contribution is -2.15. The van der Waals surface area contributed by atoms with Gasteiger partial charge in [0.2, 0.25) is 0 Å². The molecule has 7 nitrogen and oxygen atoms in total. The van der Waals surface area contributed by atoms with Crippen molar-refractivity contribution >= 4 is 49.1 Å². The van der Waals surface area contributed by atoms with Crippen molar-refractivity contribution in [2.75, 3.05) is 19.0 Å². The summed E-state index contributed by atoms with van der Waals surface area (Å²) in [5, 5.41) is 14.0. The number of hydrogen-bond acceptors (Lipinski definition) is 5. The first-order valence-electron chi connectivity index (χ1n) is 7.13. The van der Waals surface area contributed by atoms with Crippen LogP contribution in [0, 0.1) is 10.1 Å². The maximum Gasteiger partial charge on any atom is 0.286 e. The van der Waals surface area contributed by atoms with Crippen molar-refractivity contribution in [3.8, 4) is 11.5 Å². The maximum absolute atomic E-state index is 12.6. The highest BCUT2D eigenvalue weighted by Crippen LogP contribution is 2.35. The van der Waals surface area contributed by atoms with Gasteiger partial charge in [-0.2, -0.15) is 0 Å². The Balaban J connectivity index is 2.48. The number of nitrogens with one attached hydrogen (secondary N) is 1. The first-order valence-corrected chi connectivity index (χ1v) is 8.71. The summed E-state index contributed by atoms with van der Waals surface area (Å²) in [5.74, 6) is -0.183. The number of amides is 1. The van der Waals surface area contributed by atoms with Gasteiger partial charge in [-0.3, -0.25) is 14.9 Å². The number of hydrogen-bond donors (Lipinski definition) is 1. The molecule has 0 saturated heterocycles. The number of anilines is 1. The minimum atomic E-state index is -0.636. The number of halogens is 2. The molecule has 132 valence electrons. The summed E-state index contributed by atoms with van der Waals surface area (Å²) in [7, 11) is 1.37. The van der Waals surface area contributed by atoms with E-state index in [2.05, 4.69) is 37.2 Å². The zero-order valence-corrected chi connectivity index (χ0v) is 16.5. The van der Waals surface area contributed by atoms with Crippen LogP contribution in [0.15, 0.2) is 39.3 Å². The smallest absolute Gasteiger partial charge is 0.286 e. The highest BCUT2D eigenvalue weighted by molar-refractivity contribution is 9.11. The molecule has 1 N–H and O–H groups in total. The minimum Gasteiger partial charge on any atom is -0.493 e. The summed E-state index contributed by atoms with van der Waals surface area (Å²) >= 11 is 6.64. The van der Waals surface area contributed by atoms with Gasteiger partial charge in [0.15, 0.2) is 11.5 Å². The molecule has 0 atom stereocenters. The van der Waals surface area contributed by atoms with Gasteiger partial charge < -0.3 is 14.8 Å². The average Bonchev–Trinajstić information content (AvgIpc) is 2.57. The number of methoxy groups -OCH3 is 1. The van der Waals surface area contributed by atoms with Crippen molar-refractivity contribution < 1.29 is 19.2 Å². The van der Waals surface area contributed by atoms with E-state index in [1.54, 1.807) is 25.1 Å². The summed E-state index contributed by atoms with van der Waals surface area (Å²) in [6.45, 7) is 2.09. The van der Waals surface area contributed by atoms with E-state index in [1.165, 1.54) is 19.2 Å². The first kappa shape index (κ1) is 19.2. The SMILES string of the molecule is CCOc1cc(C(=O)Nc2cc(Br)ccc2Br)c([N+](=O)[O-])cc1OC. The predicted octanol–water partition coefficient (Wildman–Crippen LogP) is 4.78. The van der Waals surface area contributed by atoms with Crippen LogP contribution in [0.3, 0.4) is 0 Å². The fraction of sp³-hybridized carbons (Fsp3) is 0.188. The Hall–Kier alpha value is -2.13. The number of nitro groups is 1. The third-order valence-corrected chi connectivity index (χ3v) is 4.38. The molecule has 0 aliphatic rings. The average molecular weight is 474 g/mol. The minimum absolute atomic E-state index is 0.124. The van der Waals surface area contributed by atoms with Crippen molar-refractivity contribution in [2.24, 2.45) is 0 Å². The number of nitro benzene ring substituents is 1. The third-order valence-electron chi connectivity index (χ3n) is 3.20. The first-order chi connectivity index (χ1) is 11.9. The molecule has 9 heteroatoms. The molecule has 0 unspecified atom stereocenters. The Kier molecular flexibility index (Phi) is 6.38. The van der Waals surface area contributed by atoms with Gasteiger partial charge in [-0.05, 0) is 41.1 Å². The lowest BCUT2D eigenvalue weighted by atomic mass is 10.1. The molecule has 2 rings (SSSR count). The lowest BCUT2D eigenvalue weighted by Gasteiger charge is -2.12. The second kappa shape index (κ2) is 8.30. The van der Waals surface area contributed by atoms with Gasteiger partial charge in [-0.25, -0.2) is 0 Å². The molecule has 2 aromatic rings. The van der Waals surface area contributed by atoms with Crippen LogP contribution in [0.1, 0.15) is 17.3 Å². The molecule has 0 fully saturated rings. The summed E-state index contributed by atoms with van der Waals surface area (Å²) in [6, 6.07) is 7.70. The van der Waals surface area contributed by atoms with Gasteiger partial charge >= 0.3 is 0 Å². The van der Waals surface area contributed by atoms with Crippen LogP contribution >= 0.6 is 31.9 Å². The van der Waals surface area contributed by atoms with Gasteiger partial charge in [0, 0.05) is 15.0 Å². The van der Waals surface area contributed by atoms with E-state index in [4.69, 9.17) is 9.47 Å². The Labute approximate surface area is 160 Å². The zero-order valence-electron chi connectivity index (χ0n) is 13.3. The van der Waals surface area contributed by atoms with E-state index in [9.17, 15) is 14.9 Å². The Morgan fingerprint density at radius 3 is 2.56 bits per heavy atom. The van der Waals surface area contributed by atoms with Crippen LogP contribution in [0.2, 0.25) is 0 Å². The lowest BCUT2D eigenvalue weighted by molar-refractivity contribution is -0.385. The summed E-state index contributed by atoms with van der Waals surface area (Å²) in [4.78, 5) is 23.3. The second-order valence-electron chi connectivity index (χ2n) is 4.79. The number of nitrogens with zero attached hydrogens (tertiary/aromatic N) is 1. The van der Waals surface area contributed by atoms with E-state index in [0.717, 1.165) is 4.47 Å². The number of benzene rings is 2. The van der Waals surface area contributed by atoms with Crippen molar-refractivity contribution in [2.45, 2.75) is 6.92 Å². The van der Waals surface area contributed by atoms with Crippen molar-refractivity contribution in [1.29, 1.82) is 0 Å². The molecule has 0 spiro atoms. The van der Waals surface area contributed by atoms with Gasteiger partial charge in [-0.15, -0.1) is 0 Å². The van der Waals surface area contributed by atoms with Crippen LogP contribution in [0.25, 0.3) is 0 Å². The van der Waals surface area contributed by atoms with Crippen LogP contribution in [-0.2, 0) is 0 Å². The van der Waals surface area contributed by atoms with E-state index in [-0.39, 0.29) is 22.7 Å². The normalized spacial score (nSPS) is 10.2. The summed E-state index contributed by atoms with van der Waals surface area (Å²) in [6.07, 6.45) is 0. The Morgan fingerprint density at radius 1 is 1.24 bits per heavy atom. The molecular formula is C16H14Br2N2O5. The Morgan fingerprint density at radius 2 is 1.96 bits per heavy atom. The fourth-order valence-corrected chi connectivity index (χ4v) is 2.80. The van der Waals surface area contributed by atoms with Crippen molar-refractivity contribution in [3.05, 3.63) is 55.0 Å². The molecule has 1 amide bonds. The summed E-state index contributed by atoms with van der Waals surface area (Å²) < 4.78 is 11.9. The molecule has 0 saturated carbocycles. The number of rotatable bonds is 6. The summed E-state index contributed by atoms with van der Waals surface area (Å²) in [5.41, 5.74) is -0.0208. The van der Waals surface area contributed by atoms with E-state index >= 15 is 0 Å². The van der Waals surface area contributed by atoms with Crippen molar-refractivity contribution in [1.82, 2.24) is 0 Å². The van der Waals surface area contributed by atoms with E-state index in [1.807, 2.05) is 0 Å². The zero-order chi connectivity index (χ0) is 18.6. The van der Waals surface area contributed by atoms with Gasteiger partial charge in [0.1, 0.15) is 5.56 Å². The monoisotopic (exact) mass is 472 g/mol. The Bertz CT molecular complexity index is 826. The van der Waals surface area contributed by atoms with Crippen LogP contribution in [0.4, 0.5) is 11.4 Å². The largest absolute Gasteiger partial charge is 0.493 e. The van der Waals surface area contributed by atoms with Crippen LogP contribution < -0.4 is 14.8 Å². The number of carbonyl (C=O) groups is 1. The highest BCUT2D eigenvalue weighted by Gasteiger charge is 2.25. The molecule has 0 aliphatic heterocycles. The topological polar surface area (TPSA) is 90.7 Å². The molecule has 0 radical (unpaired) electrons. The van der Waals surface area contributed by atoms with E-state index in [0.29, 0.717) is 16.8 Å². The van der Waals surface area contributed by atoms with E-state index < -0.39 is 10.8 Å². The fourth-order valence-electron chi connectivity index (χ4n) is 2.09. The predicted molar refractivity (Wildman–Crippen MR) is 101 cm³/mol. The highest BCUT2D eigenvalue weighted by atomic mass is 79.9. The molecule has 0 aromatic heterocycles. The van der Waals surface area contributed by atoms with Crippen LogP contribution in [-0.4, -0.2) is 24.5 Å². The van der Waals surface area contributed by atoms with Gasteiger partial charge in [0.05, 0.1) is 30.4 Å². The third kappa shape index (κ3) is 4.49. The standard InChI is InChI=1S/C16H14Br2N2O5/c1-3-25-15-7-10(13(20(22)23)8-14(15)24-2)16(21)19-12-6-9(17)4-5-11(12)18/h4-8H,3H2,1-2H3,(H,19,21). The van der Waals surface area contributed by atoms with Crippen LogP contribution in [0.5, 0.6) is 11.5 Å².